The minimum Gasteiger partial charge on any atom is -0.314 e. The molecule has 1 aliphatic rings. The number of fused-ring (bicyclic) bond motifs is 1. The Kier molecular flexibility index (Phi) is 3.85. The minimum absolute atomic E-state index is 0.386. The van der Waals surface area contributed by atoms with Gasteiger partial charge in [-0.25, -0.2) is 0 Å². The molecule has 0 spiro atoms. The molecule has 0 aliphatic carbocycles. The van der Waals surface area contributed by atoms with Gasteiger partial charge in [-0.3, -0.25) is 4.68 Å². The molecule has 0 amide bonds. The molecule has 1 unspecified atom stereocenters. The summed E-state index contributed by atoms with van der Waals surface area (Å²) in [6.45, 7) is 9.85. The van der Waals surface area contributed by atoms with Crippen LogP contribution in [-0.2, 0) is 12.8 Å². The average Bonchev–Trinajstić information content (AvgIpc) is 2.69. The van der Waals surface area contributed by atoms with Crippen LogP contribution in [0.3, 0.4) is 0 Å². The number of nitrogens with one attached hydrogen (secondary N) is 1. The van der Waals surface area contributed by atoms with Crippen LogP contribution in [0, 0.1) is 6.92 Å². The van der Waals surface area contributed by atoms with Crippen molar-refractivity contribution in [2.75, 3.05) is 6.54 Å². The third-order valence-corrected chi connectivity index (χ3v) is 4.27. The van der Waals surface area contributed by atoms with Crippen LogP contribution in [0.5, 0.6) is 0 Å². The zero-order chi connectivity index (χ0) is 15.0. The van der Waals surface area contributed by atoms with Gasteiger partial charge in [0.1, 0.15) is 0 Å². The third kappa shape index (κ3) is 2.75. The summed E-state index contributed by atoms with van der Waals surface area (Å²) in [5.74, 6) is 0. The van der Waals surface area contributed by atoms with Crippen LogP contribution in [-0.4, -0.2) is 22.4 Å². The van der Waals surface area contributed by atoms with E-state index >= 15 is 0 Å². The maximum Gasteiger partial charge on any atom is 0.0720 e. The van der Waals surface area contributed by atoms with Crippen molar-refractivity contribution in [3.63, 3.8) is 0 Å². The zero-order valence-corrected chi connectivity index (χ0v) is 13.5. The summed E-state index contributed by atoms with van der Waals surface area (Å²) in [5.41, 5.74) is 6.62. The van der Waals surface area contributed by atoms with Crippen LogP contribution in [0.2, 0.25) is 0 Å². The molecule has 0 radical (unpaired) electrons. The molecule has 0 saturated carbocycles. The van der Waals surface area contributed by atoms with Crippen molar-refractivity contribution >= 4 is 0 Å². The summed E-state index contributed by atoms with van der Waals surface area (Å²) < 4.78 is 2.22. The van der Waals surface area contributed by atoms with Crippen molar-refractivity contribution in [1.29, 1.82) is 0 Å². The fourth-order valence-electron chi connectivity index (χ4n) is 3.14. The summed E-state index contributed by atoms with van der Waals surface area (Å²) in [4.78, 5) is 0. The molecule has 1 N–H and O–H groups in total. The van der Waals surface area contributed by atoms with E-state index in [2.05, 4.69) is 62.0 Å². The highest BCUT2D eigenvalue weighted by Gasteiger charge is 2.23. The van der Waals surface area contributed by atoms with E-state index in [1.54, 1.807) is 0 Å². The topological polar surface area (TPSA) is 29.9 Å². The standard InChI is InChI=1S/C18H25N3/c1-12(2)21-18(15-7-5-13(3)6-8-15)16-11-14(4)19-10-9-17(16)20-21/h5-8,12,14,19H,9-11H2,1-4H3. The van der Waals surface area contributed by atoms with Gasteiger partial charge in [0.2, 0.25) is 0 Å². The Morgan fingerprint density at radius 1 is 1.24 bits per heavy atom. The van der Waals surface area contributed by atoms with Crippen LogP contribution >= 0.6 is 0 Å². The van der Waals surface area contributed by atoms with E-state index < -0.39 is 0 Å². The molecule has 2 heterocycles. The molecule has 3 rings (SSSR count). The van der Waals surface area contributed by atoms with Gasteiger partial charge >= 0.3 is 0 Å². The van der Waals surface area contributed by atoms with E-state index in [0.29, 0.717) is 12.1 Å². The summed E-state index contributed by atoms with van der Waals surface area (Å²) in [5, 5.41) is 8.48. The normalized spacial score (nSPS) is 18.6. The fourth-order valence-corrected chi connectivity index (χ4v) is 3.14. The Morgan fingerprint density at radius 3 is 2.62 bits per heavy atom. The Hall–Kier alpha value is -1.61. The van der Waals surface area contributed by atoms with Crippen LogP contribution in [0.1, 0.15) is 43.6 Å². The Morgan fingerprint density at radius 2 is 1.95 bits per heavy atom. The van der Waals surface area contributed by atoms with E-state index in [1.165, 1.54) is 28.1 Å². The van der Waals surface area contributed by atoms with Crippen molar-refractivity contribution in [2.24, 2.45) is 0 Å². The van der Waals surface area contributed by atoms with E-state index in [0.717, 1.165) is 19.4 Å². The van der Waals surface area contributed by atoms with Gasteiger partial charge in [0.05, 0.1) is 11.4 Å². The van der Waals surface area contributed by atoms with Crippen molar-refractivity contribution in [1.82, 2.24) is 15.1 Å². The lowest BCUT2D eigenvalue weighted by Gasteiger charge is -2.15. The van der Waals surface area contributed by atoms with E-state index in [1.807, 2.05) is 0 Å². The van der Waals surface area contributed by atoms with Crippen molar-refractivity contribution < 1.29 is 0 Å². The van der Waals surface area contributed by atoms with Crippen molar-refractivity contribution in [2.45, 2.75) is 52.6 Å². The largest absolute Gasteiger partial charge is 0.314 e. The van der Waals surface area contributed by atoms with E-state index in [4.69, 9.17) is 5.10 Å². The number of nitrogens with zero attached hydrogens (tertiary/aromatic N) is 2. The van der Waals surface area contributed by atoms with E-state index in [-0.39, 0.29) is 0 Å². The van der Waals surface area contributed by atoms with Crippen molar-refractivity contribution in [3.8, 4) is 11.3 Å². The van der Waals surface area contributed by atoms with Crippen molar-refractivity contribution in [3.05, 3.63) is 41.1 Å². The lowest BCUT2D eigenvalue weighted by Crippen LogP contribution is -2.27. The first kappa shape index (κ1) is 14.3. The van der Waals surface area contributed by atoms with Gasteiger partial charge in [-0.05, 0) is 34.1 Å². The maximum absolute atomic E-state index is 4.92. The Balaban J connectivity index is 2.16. The second kappa shape index (κ2) is 5.64. The first-order valence-electron chi connectivity index (χ1n) is 7.97. The Bertz CT molecular complexity index is 623. The summed E-state index contributed by atoms with van der Waals surface area (Å²) in [6.07, 6.45) is 2.09. The van der Waals surface area contributed by atoms with Gasteiger partial charge in [0, 0.05) is 36.2 Å². The number of benzene rings is 1. The second-order valence-corrected chi connectivity index (χ2v) is 6.49. The molecule has 2 aromatic rings. The summed E-state index contributed by atoms with van der Waals surface area (Å²) >= 11 is 0. The Labute approximate surface area is 127 Å². The highest BCUT2D eigenvalue weighted by Crippen LogP contribution is 2.31. The monoisotopic (exact) mass is 283 g/mol. The molecule has 0 bridgehead atoms. The first-order chi connectivity index (χ1) is 10.1. The zero-order valence-electron chi connectivity index (χ0n) is 13.5. The predicted molar refractivity (Wildman–Crippen MR) is 87.7 cm³/mol. The summed E-state index contributed by atoms with van der Waals surface area (Å²) in [6, 6.07) is 9.75. The quantitative estimate of drug-likeness (QED) is 0.914. The molecule has 0 fully saturated rings. The van der Waals surface area contributed by atoms with E-state index in [9.17, 15) is 0 Å². The third-order valence-electron chi connectivity index (χ3n) is 4.27. The smallest absolute Gasteiger partial charge is 0.0720 e. The fraction of sp³-hybridized carbons (Fsp3) is 0.500. The molecule has 1 atom stereocenters. The predicted octanol–water partition coefficient (Wildman–Crippen LogP) is 3.52. The van der Waals surface area contributed by atoms with Gasteiger partial charge < -0.3 is 5.32 Å². The molecule has 3 heteroatoms. The number of aromatic nitrogens is 2. The number of hydrogen-bond acceptors (Lipinski definition) is 2. The minimum atomic E-state index is 0.386. The SMILES string of the molecule is Cc1ccc(-c2c3c(nn2C(C)C)CCNC(C)C3)cc1. The van der Waals surface area contributed by atoms with Crippen LogP contribution in [0.25, 0.3) is 11.3 Å². The van der Waals surface area contributed by atoms with Gasteiger partial charge in [-0.1, -0.05) is 29.8 Å². The first-order valence-corrected chi connectivity index (χ1v) is 7.97. The molecular weight excluding hydrogens is 258 g/mol. The lowest BCUT2D eigenvalue weighted by molar-refractivity contribution is 0.521. The maximum atomic E-state index is 4.92. The molecule has 21 heavy (non-hydrogen) atoms. The van der Waals surface area contributed by atoms with Crippen LogP contribution in [0.15, 0.2) is 24.3 Å². The molecular formula is C18H25N3. The lowest BCUT2D eigenvalue weighted by atomic mass is 9.99. The molecule has 0 saturated heterocycles. The van der Waals surface area contributed by atoms with Gasteiger partial charge in [0.25, 0.3) is 0 Å². The molecule has 1 aromatic heterocycles. The van der Waals surface area contributed by atoms with Gasteiger partial charge in [0.15, 0.2) is 0 Å². The molecule has 1 aromatic carbocycles. The van der Waals surface area contributed by atoms with Crippen LogP contribution < -0.4 is 5.32 Å². The highest BCUT2D eigenvalue weighted by atomic mass is 15.3. The summed E-state index contributed by atoms with van der Waals surface area (Å²) in [7, 11) is 0. The highest BCUT2D eigenvalue weighted by molar-refractivity contribution is 5.65. The molecule has 3 nitrogen and oxygen atoms in total. The number of aryl methyl sites for hydroxylation is 1. The average molecular weight is 283 g/mol. The number of rotatable bonds is 2. The number of hydrogen-bond donors (Lipinski definition) is 1. The van der Waals surface area contributed by atoms with Gasteiger partial charge in [-0.2, -0.15) is 5.10 Å². The molecule has 1 aliphatic heterocycles. The second-order valence-electron chi connectivity index (χ2n) is 6.49. The molecule has 112 valence electrons. The van der Waals surface area contributed by atoms with Crippen LogP contribution in [0.4, 0.5) is 0 Å². The van der Waals surface area contributed by atoms with Gasteiger partial charge in [-0.15, -0.1) is 0 Å².